The summed E-state index contributed by atoms with van der Waals surface area (Å²) in [5, 5.41) is 1.85. The zero-order valence-corrected chi connectivity index (χ0v) is 9.33. The Bertz CT molecular complexity index is 497. The molecule has 2 aliphatic rings. The fourth-order valence-corrected chi connectivity index (χ4v) is 4.18. The van der Waals surface area contributed by atoms with E-state index in [0.717, 1.165) is 4.90 Å². The number of nitrogens with one attached hydrogen (secondary N) is 1. The first kappa shape index (κ1) is 11.1. The molecule has 16 heavy (non-hydrogen) atoms. The van der Waals surface area contributed by atoms with Gasteiger partial charge in [-0.3, -0.25) is 14.9 Å². The van der Waals surface area contributed by atoms with Gasteiger partial charge in [-0.05, 0) is 13.3 Å². The minimum atomic E-state index is -3.24. The van der Waals surface area contributed by atoms with Crippen molar-refractivity contribution in [3.63, 3.8) is 0 Å². The van der Waals surface area contributed by atoms with Crippen molar-refractivity contribution in [2.45, 2.75) is 18.9 Å². The van der Waals surface area contributed by atoms with E-state index >= 15 is 0 Å². The first-order valence-corrected chi connectivity index (χ1v) is 6.47. The Morgan fingerprint density at radius 3 is 2.31 bits per heavy atom. The number of carbonyl (C=O) groups excluding carboxylic acids is 3. The van der Waals surface area contributed by atoms with Crippen molar-refractivity contribution in [1.82, 2.24) is 10.2 Å². The summed E-state index contributed by atoms with van der Waals surface area (Å²) in [6.45, 7) is 1.49. The fourth-order valence-electron chi connectivity index (χ4n) is 2.06. The summed E-state index contributed by atoms with van der Waals surface area (Å²) >= 11 is 0. The third-order valence-corrected chi connectivity index (χ3v) is 4.73. The largest absolute Gasteiger partial charge is 0.332 e. The molecular formula is C8H10N2O5S. The number of imide groups is 2. The summed E-state index contributed by atoms with van der Waals surface area (Å²) in [4.78, 5) is 34.5. The number of rotatable bonds is 1. The van der Waals surface area contributed by atoms with E-state index in [1.165, 1.54) is 6.92 Å². The summed E-state index contributed by atoms with van der Waals surface area (Å²) in [5.74, 6) is -2.35. The average molecular weight is 246 g/mol. The molecule has 0 bridgehead atoms. The topological polar surface area (TPSA) is 101 Å². The van der Waals surface area contributed by atoms with Gasteiger partial charge in [-0.1, -0.05) is 0 Å². The predicted molar refractivity (Wildman–Crippen MR) is 52.1 cm³/mol. The van der Waals surface area contributed by atoms with E-state index in [9.17, 15) is 22.8 Å². The molecule has 1 atom stereocenters. The van der Waals surface area contributed by atoms with Gasteiger partial charge in [-0.25, -0.2) is 18.1 Å². The van der Waals surface area contributed by atoms with Gasteiger partial charge in [0.05, 0.1) is 17.0 Å². The Morgan fingerprint density at radius 2 is 1.94 bits per heavy atom. The van der Waals surface area contributed by atoms with Crippen LogP contribution in [0.4, 0.5) is 4.79 Å². The molecule has 0 aromatic rings. The van der Waals surface area contributed by atoms with E-state index in [-0.39, 0.29) is 17.9 Å². The molecule has 1 N–H and O–H groups in total. The van der Waals surface area contributed by atoms with Crippen LogP contribution < -0.4 is 5.32 Å². The van der Waals surface area contributed by atoms with E-state index in [1.54, 1.807) is 0 Å². The average Bonchev–Trinajstić information content (AvgIpc) is 2.53. The maximum Gasteiger partial charge on any atom is 0.332 e. The molecule has 2 saturated heterocycles. The van der Waals surface area contributed by atoms with Crippen molar-refractivity contribution in [1.29, 1.82) is 0 Å². The lowest BCUT2D eigenvalue weighted by Crippen LogP contribution is -2.51. The van der Waals surface area contributed by atoms with Gasteiger partial charge in [0.25, 0.3) is 0 Å². The zero-order valence-electron chi connectivity index (χ0n) is 8.52. The molecule has 0 radical (unpaired) electrons. The summed E-state index contributed by atoms with van der Waals surface area (Å²) in [6.07, 6.45) is 0.168. The van der Waals surface area contributed by atoms with Crippen LogP contribution in [0, 0.1) is 0 Å². The van der Waals surface area contributed by atoms with E-state index in [2.05, 4.69) is 0 Å². The summed E-state index contributed by atoms with van der Waals surface area (Å²) in [5.41, 5.74) is -1.10. The number of hydrogen-bond acceptors (Lipinski definition) is 5. The highest BCUT2D eigenvalue weighted by molar-refractivity contribution is 7.91. The second-order valence-corrected chi connectivity index (χ2v) is 6.42. The van der Waals surface area contributed by atoms with Gasteiger partial charge in [-0.2, -0.15) is 0 Å². The molecule has 2 heterocycles. The molecule has 8 heteroatoms. The van der Waals surface area contributed by atoms with Crippen LogP contribution >= 0.6 is 0 Å². The van der Waals surface area contributed by atoms with Crippen LogP contribution in [0.1, 0.15) is 13.3 Å². The van der Waals surface area contributed by atoms with E-state index < -0.39 is 33.2 Å². The lowest BCUT2D eigenvalue weighted by atomic mass is 10.00. The van der Waals surface area contributed by atoms with Gasteiger partial charge in [-0.15, -0.1) is 0 Å². The SMILES string of the molecule is CC1(N2C(=O)NC(=O)C2=O)CCS(=O)(=O)C1. The van der Waals surface area contributed by atoms with Crippen molar-refractivity contribution in [3.8, 4) is 0 Å². The van der Waals surface area contributed by atoms with Gasteiger partial charge >= 0.3 is 17.8 Å². The minimum Gasteiger partial charge on any atom is -0.269 e. The standard InChI is InChI=1S/C8H10N2O5S/c1-8(2-3-16(14,15)4-8)10-6(12)5(11)9-7(10)13/h2-4H2,1H3,(H,9,11,13). The Labute approximate surface area is 91.7 Å². The first-order valence-electron chi connectivity index (χ1n) is 4.65. The molecule has 1 unspecified atom stereocenters. The van der Waals surface area contributed by atoms with Crippen molar-refractivity contribution in [2.75, 3.05) is 11.5 Å². The van der Waals surface area contributed by atoms with Crippen LogP contribution in [0.25, 0.3) is 0 Å². The van der Waals surface area contributed by atoms with Crippen LogP contribution in [0.15, 0.2) is 0 Å². The zero-order chi connectivity index (χ0) is 12.1. The highest BCUT2D eigenvalue weighted by Crippen LogP contribution is 2.31. The van der Waals surface area contributed by atoms with Crippen molar-refractivity contribution in [2.24, 2.45) is 0 Å². The summed E-state index contributed by atoms with van der Waals surface area (Å²) in [6, 6.07) is -0.838. The Hall–Kier alpha value is -1.44. The van der Waals surface area contributed by atoms with Crippen LogP contribution in [-0.2, 0) is 19.4 Å². The second-order valence-electron chi connectivity index (χ2n) is 4.24. The molecule has 0 aromatic carbocycles. The highest BCUT2D eigenvalue weighted by Gasteiger charge is 2.52. The molecular weight excluding hydrogens is 236 g/mol. The van der Waals surface area contributed by atoms with Crippen molar-refractivity contribution in [3.05, 3.63) is 0 Å². The Kier molecular flexibility index (Phi) is 2.10. The number of amides is 4. The van der Waals surface area contributed by atoms with E-state index in [0.29, 0.717) is 0 Å². The predicted octanol–water partition coefficient (Wildman–Crippen LogP) is -1.36. The number of carbonyl (C=O) groups is 3. The molecule has 7 nitrogen and oxygen atoms in total. The van der Waals surface area contributed by atoms with Gasteiger partial charge in [0.15, 0.2) is 9.84 Å². The Morgan fingerprint density at radius 1 is 1.31 bits per heavy atom. The second kappa shape index (κ2) is 3.03. The molecule has 2 fully saturated rings. The van der Waals surface area contributed by atoms with Crippen molar-refractivity contribution < 1.29 is 22.8 Å². The van der Waals surface area contributed by atoms with Gasteiger partial charge in [0.1, 0.15) is 0 Å². The number of urea groups is 1. The first-order chi connectivity index (χ1) is 7.25. The molecule has 88 valence electrons. The highest BCUT2D eigenvalue weighted by atomic mass is 32.2. The van der Waals surface area contributed by atoms with E-state index in [4.69, 9.17) is 0 Å². The Balaban J connectivity index is 2.36. The monoisotopic (exact) mass is 246 g/mol. The summed E-state index contributed by atoms with van der Waals surface area (Å²) in [7, 11) is -3.24. The van der Waals surface area contributed by atoms with Crippen LogP contribution in [0.5, 0.6) is 0 Å². The third-order valence-electron chi connectivity index (χ3n) is 2.84. The van der Waals surface area contributed by atoms with E-state index in [1.807, 2.05) is 5.32 Å². The van der Waals surface area contributed by atoms with Crippen LogP contribution in [-0.4, -0.2) is 48.2 Å². The molecule has 4 amide bonds. The number of nitrogens with zero attached hydrogens (tertiary/aromatic N) is 1. The normalized spacial score (nSPS) is 33.3. The maximum atomic E-state index is 11.4. The maximum absolute atomic E-state index is 11.4. The fraction of sp³-hybridized carbons (Fsp3) is 0.625. The lowest BCUT2D eigenvalue weighted by molar-refractivity contribution is -0.142. The molecule has 0 saturated carbocycles. The quantitative estimate of drug-likeness (QED) is 0.455. The van der Waals surface area contributed by atoms with Gasteiger partial charge in [0.2, 0.25) is 0 Å². The lowest BCUT2D eigenvalue weighted by Gasteiger charge is -2.30. The third kappa shape index (κ3) is 1.49. The van der Waals surface area contributed by atoms with Gasteiger partial charge < -0.3 is 0 Å². The molecule has 0 spiro atoms. The minimum absolute atomic E-state index is 0.0747. The summed E-state index contributed by atoms with van der Waals surface area (Å²) < 4.78 is 22.7. The number of sulfone groups is 1. The van der Waals surface area contributed by atoms with Gasteiger partial charge in [0, 0.05) is 0 Å². The van der Waals surface area contributed by atoms with Crippen molar-refractivity contribution >= 4 is 27.7 Å². The molecule has 2 rings (SSSR count). The number of hydrogen-bond donors (Lipinski definition) is 1. The molecule has 2 aliphatic heterocycles. The molecule has 0 aliphatic carbocycles. The smallest absolute Gasteiger partial charge is 0.269 e. The molecule has 0 aromatic heterocycles. The van der Waals surface area contributed by atoms with Crippen LogP contribution in [0.2, 0.25) is 0 Å². The van der Waals surface area contributed by atoms with Crippen LogP contribution in [0.3, 0.4) is 0 Å².